The highest BCUT2D eigenvalue weighted by atomic mass is 35.5. The van der Waals surface area contributed by atoms with Crippen molar-refractivity contribution in [3.63, 3.8) is 0 Å². The SMILES string of the molecule is CCC(CC)CN(CC)CCNc1ccc(Cl)cc1. The molecule has 108 valence electrons. The Morgan fingerprint density at radius 2 is 1.74 bits per heavy atom. The van der Waals surface area contributed by atoms with Crippen LogP contribution in [-0.2, 0) is 0 Å². The van der Waals surface area contributed by atoms with Crippen LogP contribution in [0.15, 0.2) is 24.3 Å². The maximum absolute atomic E-state index is 5.87. The maximum atomic E-state index is 5.87. The number of halogens is 1. The van der Waals surface area contributed by atoms with Gasteiger partial charge in [0.15, 0.2) is 0 Å². The summed E-state index contributed by atoms with van der Waals surface area (Å²) in [6.07, 6.45) is 2.55. The molecule has 0 heterocycles. The molecule has 0 unspecified atom stereocenters. The van der Waals surface area contributed by atoms with Crippen molar-refractivity contribution < 1.29 is 0 Å². The first kappa shape index (κ1) is 16.3. The predicted molar refractivity (Wildman–Crippen MR) is 86.1 cm³/mol. The van der Waals surface area contributed by atoms with Crippen molar-refractivity contribution in [2.24, 2.45) is 5.92 Å². The molecule has 0 saturated heterocycles. The predicted octanol–water partition coefficient (Wildman–Crippen LogP) is 4.51. The number of anilines is 1. The Bertz CT molecular complexity index is 333. The molecule has 19 heavy (non-hydrogen) atoms. The van der Waals surface area contributed by atoms with E-state index in [9.17, 15) is 0 Å². The lowest BCUT2D eigenvalue weighted by Gasteiger charge is -2.25. The molecule has 0 amide bonds. The zero-order chi connectivity index (χ0) is 14.1. The summed E-state index contributed by atoms with van der Waals surface area (Å²) in [4.78, 5) is 2.53. The molecule has 0 bridgehead atoms. The Morgan fingerprint density at radius 1 is 1.11 bits per heavy atom. The van der Waals surface area contributed by atoms with Gasteiger partial charge in [-0.3, -0.25) is 0 Å². The fourth-order valence-electron chi connectivity index (χ4n) is 2.22. The van der Waals surface area contributed by atoms with Crippen molar-refractivity contribution in [2.75, 3.05) is 31.5 Å². The number of nitrogens with one attached hydrogen (secondary N) is 1. The Labute approximate surface area is 123 Å². The molecule has 0 fully saturated rings. The van der Waals surface area contributed by atoms with Crippen LogP contribution in [0.5, 0.6) is 0 Å². The van der Waals surface area contributed by atoms with E-state index in [-0.39, 0.29) is 0 Å². The monoisotopic (exact) mass is 282 g/mol. The normalized spacial score (nSPS) is 11.3. The van der Waals surface area contributed by atoms with Crippen LogP contribution in [0.2, 0.25) is 5.02 Å². The van der Waals surface area contributed by atoms with Gasteiger partial charge in [-0.25, -0.2) is 0 Å². The van der Waals surface area contributed by atoms with Gasteiger partial charge in [-0.05, 0) is 36.7 Å². The van der Waals surface area contributed by atoms with E-state index in [0.29, 0.717) is 0 Å². The number of hydrogen-bond donors (Lipinski definition) is 1. The Balaban J connectivity index is 2.31. The topological polar surface area (TPSA) is 15.3 Å². The largest absolute Gasteiger partial charge is 0.384 e. The molecular formula is C16H27ClN2. The van der Waals surface area contributed by atoms with E-state index >= 15 is 0 Å². The molecule has 0 saturated carbocycles. The number of nitrogens with zero attached hydrogens (tertiary/aromatic N) is 1. The van der Waals surface area contributed by atoms with Crippen LogP contribution >= 0.6 is 11.6 Å². The van der Waals surface area contributed by atoms with Crippen LogP contribution in [0.3, 0.4) is 0 Å². The average molecular weight is 283 g/mol. The Hall–Kier alpha value is -0.730. The van der Waals surface area contributed by atoms with Gasteiger partial charge >= 0.3 is 0 Å². The second-order valence-electron chi connectivity index (χ2n) is 5.01. The highest BCUT2D eigenvalue weighted by molar-refractivity contribution is 6.30. The summed E-state index contributed by atoms with van der Waals surface area (Å²) in [7, 11) is 0. The fraction of sp³-hybridized carbons (Fsp3) is 0.625. The minimum absolute atomic E-state index is 0.787. The second kappa shape index (κ2) is 9.22. The average Bonchev–Trinajstić information content (AvgIpc) is 2.44. The number of likely N-dealkylation sites (N-methyl/N-ethyl adjacent to an activating group) is 1. The Morgan fingerprint density at radius 3 is 2.26 bits per heavy atom. The molecule has 0 aromatic heterocycles. The lowest BCUT2D eigenvalue weighted by atomic mass is 10.0. The molecule has 1 rings (SSSR count). The minimum Gasteiger partial charge on any atom is -0.384 e. The van der Waals surface area contributed by atoms with E-state index < -0.39 is 0 Å². The molecule has 0 spiro atoms. The number of rotatable bonds is 9. The summed E-state index contributed by atoms with van der Waals surface area (Å²) in [5.41, 5.74) is 1.14. The first-order valence-electron chi connectivity index (χ1n) is 7.41. The molecule has 1 N–H and O–H groups in total. The molecule has 0 aliphatic carbocycles. The third kappa shape index (κ3) is 6.31. The first-order valence-corrected chi connectivity index (χ1v) is 7.79. The minimum atomic E-state index is 0.787. The highest BCUT2D eigenvalue weighted by Crippen LogP contribution is 2.13. The summed E-state index contributed by atoms with van der Waals surface area (Å²) in [6.45, 7) is 11.2. The van der Waals surface area contributed by atoms with Crippen molar-refractivity contribution >= 4 is 17.3 Å². The van der Waals surface area contributed by atoms with E-state index in [1.165, 1.54) is 19.4 Å². The zero-order valence-electron chi connectivity index (χ0n) is 12.5. The lowest BCUT2D eigenvalue weighted by molar-refractivity contribution is 0.241. The van der Waals surface area contributed by atoms with Crippen molar-refractivity contribution in [1.29, 1.82) is 0 Å². The molecular weight excluding hydrogens is 256 g/mol. The third-order valence-electron chi connectivity index (χ3n) is 3.72. The van der Waals surface area contributed by atoms with Crippen LogP contribution in [0.25, 0.3) is 0 Å². The summed E-state index contributed by atoms with van der Waals surface area (Å²) < 4.78 is 0. The Kier molecular flexibility index (Phi) is 7.92. The maximum Gasteiger partial charge on any atom is 0.0407 e. The molecule has 0 aliphatic rings. The number of benzene rings is 1. The summed E-state index contributed by atoms with van der Waals surface area (Å²) in [6, 6.07) is 7.90. The first-order chi connectivity index (χ1) is 9.19. The zero-order valence-corrected chi connectivity index (χ0v) is 13.2. The van der Waals surface area contributed by atoms with E-state index in [1.807, 2.05) is 24.3 Å². The molecule has 0 aliphatic heterocycles. The van der Waals surface area contributed by atoms with Gasteiger partial charge in [0.05, 0.1) is 0 Å². The van der Waals surface area contributed by atoms with Gasteiger partial charge < -0.3 is 10.2 Å². The van der Waals surface area contributed by atoms with Gasteiger partial charge in [0.25, 0.3) is 0 Å². The van der Waals surface area contributed by atoms with Crippen LogP contribution in [0.1, 0.15) is 33.6 Å². The fourth-order valence-corrected chi connectivity index (χ4v) is 2.34. The van der Waals surface area contributed by atoms with Gasteiger partial charge in [0.2, 0.25) is 0 Å². The van der Waals surface area contributed by atoms with Gasteiger partial charge in [-0.1, -0.05) is 45.2 Å². The molecule has 3 heteroatoms. The quantitative estimate of drug-likeness (QED) is 0.717. The molecule has 0 atom stereocenters. The van der Waals surface area contributed by atoms with Crippen molar-refractivity contribution in [3.8, 4) is 0 Å². The summed E-state index contributed by atoms with van der Waals surface area (Å²) in [5.74, 6) is 0.829. The van der Waals surface area contributed by atoms with Crippen LogP contribution < -0.4 is 5.32 Å². The molecule has 1 aromatic carbocycles. The van der Waals surface area contributed by atoms with E-state index in [1.54, 1.807) is 0 Å². The van der Waals surface area contributed by atoms with Crippen LogP contribution in [0.4, 0.5) is 5.69 Å². The standard InChI is InChI=1S/C16H27ClN2/c1-4-14(5-2)13-19(6-3)12-11-18-16-9-7-15(17)8-10-16/h7-10,14,18H,4-6,11-13H2,1-3H3. The smallest absolute Gasteiger partial charge is 0.0407 e. The van der Waals surface area contributed by atoms with Gasteiger partial charge in [0, 0.05) is 30.3 Å². The van der Waals surface area contributed by atoms with E-state index in [2.05, 4.69) is 31.0 Å². The van der Waals surface area contributed by atoms with Gasteiger partial charge in [-0.2, -0.15) is 0 Å². The summed E-state index contributed by atoms with van der Waals surface area (Å²) >= 11 is 5.87. The summed E-state index contributed by atoms with van der Waals surface area (Å²) in [5, 5.41) is 4.23. The third-order valence-corrected chi connectivity index (χ3v) is 3.97. The van der Waals surface area contributed by atoms with Crippen molar-refractivity contribution in [3.05, 3.63) is 29.3 Å². The van der Waals surface area contributed by atoms with E-state index in [0.717, 1.165) is 36.3 Å². The van der Waals surface area contributed by atoms with E-state index in [4.69, 9.17) is 11.6 Å². The van der Waals surface area contributed by atoms with Crippen LogP contribution in [-0.4, -0.2) is 31.1 Å². The number of hydrogen-bond acceptors (Lipinski definition) is 2. The second-order valence-corrected chi connectivity index (χ2v) is 5.45. The van der Waals surface area contributed by atoms with Crippen molar-refractivity contribution in [2.45, 2.75) is 33.6 Å². The van der Waals surface area contributed by atoms with Crippen molar-refractivity contribution in [1.82, 2.24) is 4.90 Å². The van der Waals surface area contributed by atoms with Crippen LogP contribution in [0, 0.1) is 5.92 Å². The molecule has 1 aromatic rings. The molecule has 0 radical (unpaired) electrons. The highest BCUT2D eigenvalue weighted by Gasteiger charge is 2.09. The van der Waals surface area contributed by atoms with Gasteiger partial charge in [0.1, 0.15) is 0 Å². The molecule has 2 nitrogen and oxygen atoms in total. The van der Waals surface area contributed by atoms with Gasteiger partial charge in [-0.15, -0.1) is 0 Å². The lowest BCUT2D eigenvalue weighted by Crippen LogP contribution is -2.33.